The van der Waals surface area contributed by atoms with Crippen LogP contribution in [0.3, 0.4) is 0 Å². The summed E-state index contributed by atoms with van der Waals surface area (Å²) in [7, 11) is 0. The maximum atomic E-state index is 12.0. The van der Waals surface area contributed by atoms with Gasteiger partial charge in [0.1, 0.15) is 17.6 Å². The number of hydrogen-bond donors (Lipinski definition) is 1. The summed E-state index contributed by atoms with van der Waals surface area (Å²) < 4.78 is 11.6. The molecule has 1 atom stereocenters. The van der Waals surface area contributed by atoms with Crippen molar-refractivity contribution in [2.24, 2.45) is 5.10 Å². The molecule has 0 aromatic heterocycles. The zero-order valence-corrected chi connectivity index (χ0v) is 15.1. The first-order valence-electron chi connectivity index (χ1n) is 7.43. The van der Waals surface area contributed by atoms with Crippen LogP contribution >= 0.6 is 15.9 Å². The van der Waals surface area contributed by atoms with Gasteiger partial charge in [-0.3, -0.25) is 4.79 Å². The second-order valence-corrected chi connectivity index (χ2v) is 5.88. The highest BCUT2D eigenvalue weighted by atomic mass is 79.9. The number of carbonyl (C=O) groups is 1. The highest BCUT2D eigenvalue weighted by molar-refractivity contribution is 9.10. The Morgan fingerprint density at radius 1 is 1.32 bits per heavy atom. The third kappa shape index (κ3) is 6.28. The van der Waals surface area contributed by atoms with Crippen LogP contribution in [0, 0.1) is 11.3 Å². The molecular formula is C18H16BrN3O3. The van der Waals surface area contributed by atoms with Crippen LogP contribution in [0.4, 0.5) is 0 Å². The van der Waals surface area contributed by atoms with Gasteiger partial charge in [-0.1, -0.05) is 22.0 Å². The standard InChI is InChI=1S/C18H16BrN3O3/c1-13(25-17-4-2-3-15(19)11-17)18(23)22-21-12-14-5-7-16(8-6-14)24-10-9-20/h2-8,11-13H,10H2,1H3,(H,22,23)/b21-12-/t13-/m1/s1. The Morgan fingerprint density at radius 3 is 2.76 bits per heavy atom. The normalized spacial score (nSPS) is 11.6. The van der Waals surface area contributed by atoms with Crippen LogP contribution in [0.5, 0.6) is 11.5 Å². The third-order valence-corrected chi connectivity index (χ3v) is 3.54. The fraction of sp³-hybridized carbons (Fsp3) is 0.167. The fourth-order valence-electron chi connectivity index (χ4n) is 1.83. The lowest BCUT2D eigenvalue weighted by Gasteiger charge is -2.12. The number of ether oxygens (including phenoxy) is 2. The number of nitriles is 1. The summed E-state index contributed by atoms with van der Waals surface area (Å²) in [5, 5.41) is 12.4. The van der Waals surface area contributed by atoms with E-state index in [9.17, 15) is 4.79 Å². The summed E-state index contributed by atoms with van der Waals surface area (Å²) in [6.45, 7) is 1.65. The number of hydrazone groups is 1. The van der Waals surface area contributed by atoms with Crippen LogP contribution < -0.4 is 14.9 Å². The summed E-state index contributed by atoms with van der Waals surface area (Å²) in [6, 6.07) is 16.1. The predicted molar refractivity (Wildman–Crippen MR) is 97.5 cm³/mol. The number of halogens is 1. The molecule has 0 heterocycles. The molecular weight excluding hydrogens is 386 g/mol. The number of nitrogens with zero attached hydrogens (tertiary/aromatic N) is 2. The van der Waals surface area contributed by atoms with Crippen molar-refractivity contribution in [3.05, 3.63) is 58.6 Å². The lowest BCUT2D eigenvalue weighted by atomic mass is 10.2. The van der Waals surface area contributed by atoms with E-state index in [0.29, 0.717) is 11.5 Å². The molecule has 6 nitrogen and oxygen atoms in total. The van der Waals surface area contributed by atoms with Crippen LogP contribution in [0.15, 0.2) is 58.1 Å². The van der Waals surface area contributed by atoms with E-state index in [1.165, 1.54) is 6.21 Å². The van der Waals surface area contributed by atoms with Gasteiger partial charge < -0.3 is 9.47 Å². The Morgan fingerprint density at radius 2 is 2.08 bits per heavy atom. The van der Waals surface area contributed by atoms with Crippen LogP contribution in [-0.4, -0.2) is 24.8 Å². The minimum Gasteiger partial charge on any atom is -0.481 e. The summed E-state index contributed by atoms with van der Waals surface area (Å²) in [4.78, 5) is 12.0. The van der Waals surface area contributed by atoms with E-state index in [1.54, 1.807) is 43.3 Å². The molecule has 0 bridgehead atoms. The molecule has 1 N–H and O–H groups in total. The molecule has 0 spiro atoms. The Hall–Kier alpha value is -2.85. The molecule has 0 fully saturated rings. The number of benzene rings is 2. The largest absolute Gasteiger partial charge is 0.481 e. The first kappa shape index (κ1) is 18.5. The number of nitrogens with one attached hydrogen (secondary N) is 1. The van der Waals surface area contributed by atoms with Gasteiger partial charge in [0.2, 0.25) is 0 Å². The van der Waals surface area contributed by atoms with Gasteiger partial charge >= 0.3 is 0 Å². The Kier molecular flexibility index (Phi) is 6.99. The van der Waals surface area contributed by atoms with Gasteiger partial charge in [-0.15, -0.1) is 0 Å². The average Bonchev–Trinajstić information content (AvgIpc) is 2.61. The predicted octanol–water partition coefficient (Wildman–Crippen LogP) is 3.27. The minimum absolute atomic E-state index is 0.000627. The van der Waals surface area contributed by atoms with Gasteiger partial charge in [0.25, 0.3) is 5.91 Å². The van der Waals surface area contributed by atoms with Crippen molar-refractivity contribution in [2.45, 2.75) is 13.0 Å². The van der Waals surface area contributed by atoms with Gasteiger partial charge in [0, 0.05) is 4.47 Å². The summed E-state index contributed by atoms with van der Waals surface area (Å²) in [6.07, 6.45) is 0.825. The van der Waals surface area contributed by atoms with Gasteiger partial charge in [0.05, 0.1) is 6.21 Å². The van der Waals surface area contributed by atoms with E-state index in [4.69, 9.17) is 14.7 Å². The highest BCUT2D eigenvalue weighted by Crippen LogP contribution is 2.18. The van der Waals surface area contributed by atoms with E-state index in [2.05, 4.69) is 26.5 Å². The molecule has 0 aliphatic carbocycles. The number of rotatable bonds is 7. The van der Waals surface area contributed by atoms with Crippen molar-refractivity contribution >= 4 is 28.1 Å². The highest BCUT2D eigenvalue weighted by Gasteiger charge is 2.13. The maximum absolute atomic E-state index is 12.0. The molecule has 1 amide bonds. The number of carbonyl (C=O) groups excluding carboxylic acids is 1. The average molecular weight is 402 g/mol. The van der Waals surface area contributed by atoms with Crippen molar-refractivity contribution in [2.75, 3.05) is 6.61 Å². The van der Waals surface area contributed by atoms with Gasteiger partial charge in [-0.2, -0.15) is 10.4 Å². The topological polar surface area (TPSA) is 83.7 Å². The second kappa shape index (κ2) is 9.45. The van der Waals surface area contributed by atoms with E-state index in [0.717, 1.165) is 10.0 Å². The second-order valence-electron chi connectivity index (χ2n) is 4.97. The molecule has 0 saturated carbocycles. The minimum atomic E-state index is -0.687. The van der Waals surface area contributed by atoms with E-state index >= 15 is 0 Å². The van der Waals surface area contributed by atoms with Crippen molar-refractivity contribution in [3.63, 3.8) is 0 Å². The van der Waals surface area contributed by atoms with Crippen LogP contribution in [-0.2, 0) is 4.79 Å². The maximum Gasteiger partial charge on any atom is 0.280 e. The zero-order chi connectivity index (χ0) is 18.1. The summed E-state index contributed by atoms with van der Waals surface area (Å²) in [5.74, 6) is 0.831. The Labute approximate surface area is 154 Å². The van der Waals surface area contributed by atoms with Crippen molar-refractivity contribution in [1.82, 2.24) is 5.43 Å². The first-order valence-corrected chi connectivity index (χ1v) is 8.23. The quantitative estimate of drug-likeness (QED) is 0.569. The fourth-order valence-corrected chi connectivity index (χ4v) is 2.20. The molecule has 0 saturated heterocycles. The first-order chi connectivity index (χ1) is 12.1. The molecule has 128 valence electrons. The molecule has 2 rings (SSSR count). The summed E-state index contributed by atoms with van der Waals surface area (Å²) in [5.41, 5.74) is 3.22. The molecule has 0 aliphatic rings. The molecule has 7 heteroatoms. The third-order valence-electron chi connectivity index (χ3n) is 3.05. The zero-order valence-electron chi connectivity index (χ0n) is 13.5. The van der Waals surface area contributed by atoms with Crippen molar-refractivity contribution in [3.8, 4) is 17.6 Å². The molecule has 2 aromatic rings. The van der Waals surface area contributed by atoms with Gasteiger partial charge in [-0.05, 0) is 55.0 Å². The molecule has 0 radical (unpaired) electrons. The lowest BCUT2D eigenvalue weighted by Crippen LogP contribution is -2.33. The van der Waals surface area contributed by atoms with E-state index in [-0.39, 0.29) is 12.5 Å². The number of amides is 1. The van der Waals surface area contributed by atoms with Gasteiger partial charge in [0.15, 0.2) is 12.7 Å². The van der Waals surface area contributed by atoms with Crippen LogP contribution in [0.25, 0.3) is 0 Å². The van der Waals surface area contributed by atoms with Crippen molar-refractivity contribution < 1.29 is 14.3 Å². The monoisotopic (exact) mass is 401 g/mol. The Bertz CT molecular complexity index is 785. The van der Waals surface area contributed by atoms with Crippen LogP contribution in [0.1, 0.15) is 12.5 Å². The molecule has 0 unspecified atom stereocenters. The van der Waals surface area contributed by atoms with Gasteiger partial charge in [-0.25, -0.2) is 5.43 Å². The smallest absolute Gasteiger partial charge is 0.280 e. The van der Waals surface area contributed by atoms with Crippen LogP contribution in [0.2, 0.25) is 0 Å². The van der Waals surface area contributed by atoms with E-state index < -0.39 is 6.10 Å². The SMILES string of the molecule is C[C@@H](Oc1cccc(Br)c1)C(=O)N/N=C\c1ccc(OCC#N)cc1. The van der Waals surface area contributed by atoms with E-state index in [1.807, 2.05) is 18.2 Å². The Balaban J connectivity index is 1.84. The number of hydrogen-bond acceptors (Lipinski definition) is 5. The molecule has 25 heavy (non-hydrogen) atoms. The summed E-state index contributed by atoms with van der Waals surface area (Å²) >= 11 is 3.35. The molecule has 0 aliphatic heterocycles. The van der Waals surface area contributed by atoms with Crippen molar-refractivity contribution in [1.29, 1.82) is 5.26 Å². The lowest BCUT2D eigenvalue weighted by molar-refractivity contribution is -0.127. The molecule has 2 aromatic carbocycles.